The van der Waals surface area contributed by atoms with Gasteiger partial charge in [-0.3, -0.25) is 4.79 Å². The number of carbonyl (C=O) groups excluding carboxylic acids is 1. The van der Waals surface area contributed by atoms with Gasteiger partial charge in [0.1, 0.15) is 12.4 Å². The maximum Gasteiger partial charge on any atom is 0.259 e. The van der Waals surface area contributed by atoms with Gasteiger partial charge in [0.2, 0.25) is 0 Å². The molecule has 0 saturated heterocycles. The summed E-state index contributed by atoms with van der Waals surface area (Å²) in [5, 5.41) is 7.04. The molecule has 0 spiro atoms. The van der Waals surface area contributed by atoms with E-state index in [0.29, 0.717) is 6.61 Å². The molecule has 0 radical (unpaired) electrons. The molecule has 3 aromatic rings. The van der Waals surface area contributed by atoms with Crippen LogP contribution in [-0.2, 0) is 11.4 Å². The van der Waals surface area contributed by atoms with Crippen molar-refractivity contribution < 1.29 is 9.53 Å². The fraction of sp³-hybridized carbons (Fsp3) is 0.0909. The van der Waals surface area contributed by atoms with Crippen LogP contribution in [0.1, 0.15) is 11.1 Å². The zero-order chi connectivity index (χ0) is 21.3. The second kappa shape index (κ2) is 11.3. The van der Waals surface area contributed by atoms with Crippen LogP contribution in [0.3, 0.4) is 0 Å². The Kier molecular flexibility index (Phi) is 8.48. The predicted molar refractivity (Wildman–Crippen MR) is 131 cm³/mol. The summed E-state index contributed by atoms with van der Waals surface area (Å²) < 4.78 is 8.68. The van der Waals surface area contributed by atoms with Gasteiger partial charge < -0.3 is 10.1 Å². The third-order valence-corrected chi connectivity index (χ3v) is 5.64. The summed E-state index contributed by atoms with van der Waals surface area (Å²) in [4.78, 5) is 11.9. The van der Waals surface area contributed by atoms with E-state index in [-0.39, 0.29) is 12.5 Å². The van der Waals surface area contributed by atoms with Gasteiger partial charge in [-0.15, -0.1) is 0 Å². The van der Waals surface area contributed by atoms with Crippen LogP contribution < -0.4 is 15.5 Å². The van der Waals surface area contributed by atoms with Crippen LogP contribution in [0, 0.1) is 0 Å². The maximum absolute atomic E-state index is 11.9. The van der Waals surface area contributed by atoms with E-state index in [0.717, 1.165) is 36.0 Å². The number of nitrogens with one attached hydrogen (secondary N) is 2. The monoisotopic (exact) mass is 593 g/mol. The van der Waals surface area contributed by atoms with E-state index in [9.17, 15) is 4.79 Å². The lowest BCUT2D eigenvalue weighted by atomic mass is 10.2. The van der Waals surface area contributed by atoms with Crippen molar-refractivity contribution in [2.75, 3.05) is 11.9 Å². The summed E-state index contributed by atoms with van der Waals surface area (Å²) in [6, 6.07) is 21.2. The average molecular weight is 596 g/mol. The second-order valence-electron chi connectivity index (χ2n) is 6.26. The third-order valence-electron chi connectivity index (χ3n) is 3.96. The maximum atomic E-state index is 11.9. The number of rotatable bonds is 8. The van der Waals surface area contributed by atoms with Crippen LogP contribution in [0.25, 0.3) is 0 Å². The molecule has 0 fully saturated rings. The molecule has 0 unspecified atom stereocenters. The van der Waals surface area contributed by atoms with E-state index in [4.69, 9.17) is 4.74 Å². The fourth-order valence-corrected chi connectivity index (χ4v) is 3.46. The molecular formula is C22H18Br3N3O2. The number of ether oxygens (including phenoxy) is 1. The summed E-state index contributed by atoms with van der Waals surface area (Å²) in [6.07, 6.45) is 1.58. The Morgan fingerprint density at radius 2 is 1.60 bits per heavy atom. The quantitative estimate of drug-likeness (QED) is 0.244. The number of benzene rings is 3. The molecule has 30 heavy (non-hydrogen) atoms. The first-order chi connectivity index (χ1) is 14.5. The average Bonchev–Trinajstić information content (AvgIpc) is 2.74. The van der Waals surface area contributed by atoms with Gasteiger partial charge in [0, 0.05) is 14.6 Å². The Hall–Kier alpha value is -2.16. The van der Waals surface area contributed by atoms with Gasteiger partial charge in [-0.25, -0.2) is 5.43 Å². The first-order valence-corrected chi connectivity index (χ1v) is 11.4. The number of halogens is 3. The van der Waals surface area contributed by atoms with Gasteiger partial charge in [0.05, 0.1) is 17.2 Å². The van der Waals surface area contributed by atoms with Crippen molar-refractivity contribution in [1.29, 1.82) is 0 Å². The standard InChI is InChI=1S/C22H18Br3N3O2/c23-17-4-1-15(2-5-17)14-30-21-10-3-16(11-20(21)25)12-27-28-22(29)13-26-19-8-6-18(24)7-9-19/h1-12,26H,13-14H2,(H,28,29)/b27-12-. The predicted octanol–water partition coefficient (Wildman–Crippen LogP) is 6.12. The largest absolute Gasteiger partial charge is 0.488 e. The molecule has 8 heteroatoms. The number of amides is 1. The third kappa shape index (κ3) is 7.27. The summed E-state index contributed by atoms with van der Waals surface area (Å²) in [5.41, 5.74) is 5.28. The molecule has 5 nitrogen and oxygen atoms in total. The van der Waals surface area contributed by atoms with Crippen LogP contribution in [0.4, 0.5) is 5.69 Å². The van der Waals surface area contributed by atoms with Crippen molar-refractivity contribution in [1.82, 2.24) is 5.43 Å². The van der Waals surface area contributed by atoms with Crippen LogP contribution >= 0.6 is 47.8 Å². The zero-order valence-electron chi connectivity index (χ0n) is 15.7. The van der Waals surface area contributed by atoms with E-state index in [1.54, 1.807) is 6.21 Å². The van der Waals surface area contributed by atoms with Crippen LogP contribution in [0.5, 0.6) is 5.75 Å². The van der Waals surface area contributed by atoms with Crippen LogP contribution in [-0.4, -0.2) is 18.7 Å². The van der Waals surface area contributed by atoms with Crippen molar-refractivity contribution in [2.24, 2.45) is 5.10 Å². The minimum Gasteiger partial charge on any atom is -0.488 e. The smallest absolute Gasteiger partial charge is 0.259 e. The number of nitrogens with zero attached hydrogens (tertiary/aromatic N) is 1. The molecule has 1 amide bonds. The zero-order valence-corrected chi connectivity index (χ0v) is 20.5. The van der Waals surface area contributed by atoms with Gasteiger partial charge in [0.25, 0.3) is 5.91 Å². The number of anilines is 1. The Labute approximate surface area is 200 Å². The molecule has 154 valence electrons. The number of hydrazone groups is 1. The molecule has 2 N–H and O–H groups in total. The highest BCUT2D eigenvalue weighted by Crippen LogP contribution is 2.26. The Morgan fingerprint density at radius 3 is 2.27 bits per heavy atom. The molecule has 0 bridgehead atoms. The molecule has 3 aromatic carbocycles. The van der Waals surface area contributed by atoms with Crippen LogP contribution in [0.15, 0.2) is 85.2 Å². The van der Waals surface area contributed by atoms with E-state index in [1.807, 2.05) is 66.7 Å². The van der Waals surface area contributed by atoms with Crippen LogP contribution in [0.2, 0.25) is 0 Å². The normalized spacial score (nSPS) is 10.8. The first kappa shape index (κ1) is 22.5. The number of hydrogen-bond donors (Lipinski definition) is 2. The fourth-order valence-electron chi connectivity index (χ4n) is 2.42. The highest BCUT2D eigenvalue weighted by Gasteiger charge is 2.04. The van der Waals surface area contributed by atoms with Crippen molar-refractivity contribution >= 4 is 65.6 Å². The molecule has 3 rings (SSSR count). The number of hydrogen-bond acceptors (Lipinski definition) is 4. The van der Waals surface area contributed by atoms with Crippen molar-refractivity contribution in [3.8, 4) is 5.75 Å². The van der Waals surface area contributed by atoms with Gasteiger partial charge in [0.15, 0.2) is 0 Å². The summed E-state index contributed by atoms with van der Waals surface area (Å²) in [7, 11) is 0. The molecule has 0 aliphatic carbocycles. The molecule has 0 aliphatic rings. The van der Waals surface area contributed by atoms with Gasteiger partial charge in [-0.2, -0.15) is 5.10 Å². The molecular weight excluding hydrogens is 578 g/mol. The lowest BCUT2D eigenvalue weighted by Gasteiger charge is -2.09. The second-order valence-corrected chi connectivity index (χ2v) is 8.94. The minimum atomic E-state index is -0.234. The lowest BCUT2D eigenvalue weighted by Crippen LogP contribution is -2.25. The highest BCUT2D eigenvalue weighted by molar-refractivity contribution is 9.11. The molecule has 0 aromatic heterocycles. The van der Waals surface area contributed by atoms with Gasteiger partial charge in [-0.05, 0) is 81.7 Å². The van der Waals surface area contributed by atoms with Crippen molar-refractivity contribution in [3.05, 3.63) is 91.3 Å². The minimum absolute atomic E-state index is 0.130. The molecule has 0 heterocycles. The molecule has 0 aliphatic heterocycles. The first-order valence-electron chi connectivity index (χ1n) is 8.98. The Bertz CT molecular complexity index is 1020. The van der Waals surface area contributed by atoms with E-state index >= 15 is 0 Å². The lowest BCUT2D eigenvalue weighted by molar-refractivity contribution is -0.119. The van der Waals surface area contributed by atoms with Gasteiger partial charge >= 0.3 is 0 Å². The summed E-state index contributed by atoms with van der Waals surface area (Å²) in [6.45, 7) is 0.603. The van der Waals surface area contributed by atoms with Crippen molar-refractivity contribution in [2.45, 2.75) is 6.61 Å². The SMILES string of the molecule is O=C(CNc1ccc(Br)cc1)N/N=C\c1ccc(OCc2ccc(Br)cc2)c(Br)c1. The van der Waals surface area contributed by atoms with E-state index < -0.39 is 0 Å². The summed E-state index contributed by atoms with van der Waals surface area (Å²) >= 11 is 10.3. The molecule has 0 saturated carbocycles. The highest BCUT2D eigenvalue weighted by atomic mass is 79.9. The van der Waals surface area contributed by atoms with E-state index in [1.165, 1.54) is 0 Å². The molecule has 0 atom stereocenters. The van der Waals surface area contributed by atoms with E-state index in [2.05, 4.69) is 63.6 Å². The Balaban J connectivity index is 1.47. The topological polar surface area (TPSA) is 62.7 Å². The van der Waals surface area contributed by atoms with Crippen molar-refractivity contribution in [3.63, 3.8) is 0 Å². The van der Waals surface area contributed by atoms with Gasteiger partial charge in [-0.1, -0.05) is 44.0 Å². The summed E-state index contributed by atoms with van der Waals surface area (Å²) in [5.74, 6) is 0.500. The Morgan fingerprint density at radius 1 is 0.933 bits per heavy atom. The number of carbonyl (C=O) groups is 1.